The van der Waals surface area contributed by atoms with Gasteiger partial charge in [-0.05, 0) is 39.3 Å². The summed E-state index contributed by atoms with van der Waals surface area (Å²) in [6.07, 6.45) is 0.254. The lowest BCUT2D eigenvalue weighted by Crippen LogP contribution is -2.25. The number of aliphatic hydroxyl groups is 1. The Kier molecular flexibility index (Phi) is 5.80. The van der Waals surface area contributed by atoms with Crippen molar-refractivity contribution in [1.29, 1.82) is 0 Å². The summed E-state index contributed by atoms with van der Waals surface area (Å²) in [6.45, 7) is 5.46. The quantitative estimate of drug-likeness (QED) is 0.762. The average Bonchev–Trinajstić information content (AvgIpc) is 2.74. The van der Waals surface area contributed by atoms with Crippen molar-refractivity contribution < 1.29 is 27.2 Å². The Hall–Kier alpha value is -0.990. The van der Waals surface area contributed by atoms with Crippen LogP contribution < -0.4 is 0 Å². The molecule has 1 saturated heterocycles. The highest BCUT2D eigenvalue weighted by molar-refractivity contribution is 7.86. The summed E-state index contributed by atoms with van der Waals surface area (Å²) in [5, 5.41) is 9.08. The fraction of sp³-hybridized carbons (Fsp3) is 0.625. The molecular formula is C16H24O6S. The molecule has 6 nitrogen and oxygen atoms in total. The number of hydrogen-bond donors (Lipinski definition) is 1. The summed E-state index contributed by atoms with van der Waals surface area (Å²) in [6, 6.07) is 6.50. The van der Waals surface area contributed by atoms with Gasteiger partial charge < -0.3 is 14.6 Å². The standard InChI is InChI=1S/C16H24O6S/c1-12-4-6-13(7-5-12)23(18,19)20-11-9-15-14(8-10-17)21-16(2,3)22-15/h4-7,14-15,17H,8-11H2,1-3H3/t14-,15-/m1/s1. The topological polar surface area (TPSA) is 82.1 Å². The molecule has 0 aliphatic carbocycles. The molecule has 7 heteroatoms. The monoisotopic (exact) mass is 344 g/mol. The zero-order valence-electron chi connectivity index (χ0n) is 13.7. The van der Waals surface area contributed by atoms with Crippen LogP contribution in [0.15, 0.2) is 29.2 Å². The number of ether oxygens (including phenoxy) is 2. The van der Waals surface area contributed by atoms with E-state index < -0.39 is 15.9 Å². The van der Waals surface area contributed by atoms with Gasteiger partial charge in [-0.15, -0.1) is 0 Å². The maximum atomic E-state index is 12.1. The third-order valence-electron chi connectivity index (χ3n) is 3.65. The molecule has 1 aromatic rings. The van der Waals surface area contributed by atoms with Crippen LogP contribution in [-0.2, 0) is 23.8 Å². The summed E-state index contributed by atoms with van der Waals surface area (Å²) >= 11 is 0. The van der Waals surface area contributed by atoms with Gasteiger partial charge in [0.2, 0.25) is 0 Å². The smallest absolute Gasteiger partial charge is 0.296 e. The van der Waals surface area contributed by atoms with Gasteiger partial charge in [0.1, 0.15) is 0 Å². The summed E-state index contributed by atoms with van der Waals surface area (Å²) in [5.74, 6) is -0.736. The molecular weight excluding hydrogens is 320 g/mol. The predicted octanol–water partition coefficient (Wildman–Crippen LogP) is 1.99. The van der Waals surface area contributed by atoms with Crippen molar-refractivity contribution in [3.63, 3.8) is 0 Å². The first-order chi connectivity index (χ1) is 10.7. The van der Waals surface area contributed by atoms with E-state index in [1.54, 1.807) is 26.0 Å². The number of benzene rings is 1. The zero-order valence-corrected chi connectivity index (χ0v) is 14.5. The number of rotatable bonds is 7. The maximum Gasteiger partial charge on any atom is 0.296 e. The van der Waals surface area contributed by atoms with Gasteiger partial charge in [-0.3, -0.25) is 4.18 Å². The second-order valence-corrected chi connectivity index (χ2v) is 7.72. The van der Waals surface area contributed by atoms with Gasteiger partial charge in [-0.25, -0.2) is 0 Å². The molecule has 2 rings (SSSR count). The van der Waals surface area contributed by atoms with E-state index in [0.29, 0.717) is 12.8 Å². The number of hydrogen-bond acceptors (Lipinski definition) is 6. The summed E-state index contributed by atoms with van der Waals surface area (Å²) < 4.78 is 40.8. The lowest BCUT2D eigenvalue weighted by atomic mass is 10.1. The van der Waals surface area contributed by atoms with Crippen molar-refractivity contribution in [2.45, 2.75) is 56.5 Å². The van der Waals surface area contributed by atoms with Crippen LogP contribution in [0, 0.1) is 6.92 Å². The maximum absolute atomic E-state index is 12.1. The molecule has 0 unspecified atom stereocenters. The molecule has 130 valence electrons. The van der Waals surface area contributed by atoms with Crippen LogP contribution in [0.25, 0.3) is 0 Å². The lowest BCUT2D eigenvalue weighted by Gasteiger charge is -2.16. The average molecular weight is 344 g/mol. The molecule has 0 aromatic heterocycles. The van der Waals surface area contributed by atoms with Crippen LogP contribution in [-0.4, -0.2) is 44.7 Å². The third-order valence-corrected chi connectivity index (χ3v) is 4.98. The molecule has 0 radical (unpaired) electrons. The van der Waals surface area contributed by atoms with Crippen LogP contribution in [0.3, 0.4) is 0 Å². The fourth-order valence-electron chi connectivity index (χ4n) is 2.57. The lowest BCUT2D eigenvalue weighted by molar-refractivity contribution is -0.147. The molecule has 0 spiro atoms. The minimum absolute atomic E-state index is 0.00223. The predicted molar refractivity (Wildman–Crippen MR) is 84.5 cm³/mol. The molecule has 0 saturated carbocycles. The molecule has 1 aliphatic rings. The molecule has 23 heavy (non-hydrogen) atoms. The summed E-state index contributed by atoms with van der Waals surface area (Å²) in [5.41, 5.74) is 0.981. The molecule has 1 N–H and O–H groups in total. The fourth-order valence-corrected chi connectivity index (χ4v) is 3.49. The highest BCUT2D eigenvalue weighted by atomic mass is 32.2. The van der Waals surface area contributed by atoms with E-state index >= 15 is 0 Å². The second-order valence-electron chi connectivity index (χ2n) is 6.10. The van der Waals surface area contributed by atoms with Crippen molar-refractivity contribution >= 4 is 10.1 Å². The first-order valence-electron chi connectivity index (χ1n) is 7.66. The minimum atomic E-state index is -3.77. The Morgan fingerprint density at radius 2 is 1.70 bits per heavy atom. The van der Waals surface area contributed by atoms with Gasteiger partial charge >= 0.3 is 0 Å². The Bertz CT molecular complexity index is 608. The van der Waals surface area contributed by atoms with E-state index in [0.717, 1.165) is 5.56 Å². The zero-order chi connectivity index (χ0) is 17.1. The Morgan fingerprint density at radius 3 is 2.26 bits per heavy atom. The van der Waals surface area contributed by atoms with Crippen molar-refractivity contribution in [2.75, 3.05) is 13.2 Å². The van der Waals surface area contributed by atoms with Crippen LogP contribution in [0.5, 0.6) is 0 Å². The number of aliphatic hydroxyl groups excluding tert-OH is 1. The first-order valence-corrected chi connectivity index (χ1v) is 9.07. The highest BCUT2D eigenvalue weighted by Gasteiger charge is 2.40. The molecule has 1 fully saturated rings. The van der Waals surface area contributed by atoms with Gasteiger partial charge in [0, 0.05) is 13.0 Å². The van der Waals surface area contributed by atoms with Crippen LogP contribution >= 0.6 is 0 Å². The van der Waals surface area contributed by atoms with E-state index in [4.69, 9.17) is 18.8 Å². The van der Waals surface area contributed by atoms with E-state index in [1.165, 1.54) is 12.1 Å². The van der Waals surface area contributed by atoms with E-state index in [9.17, 15) is 8.42 Å². The van der Waals surface area contributed by atoms with Crippen molar-refractivity contribution in [1.82, 2.24) is 0 Å². The van der Waals surface area contributed by atoms with Gasteiger partial charge in [0.25, 0.3) is 10.1 Å². The minimum Gasteiger partial charge on any atom is -0.396 e. The second kappa shape index (κ2) is 7.27. The van der Waals surface area contributed by atoms with Crippen molar-refractivity contribution in [3.05, 3.63) is 29.8 Å². The first kappa shape index (κ1) is 18.4. The van der Waals surface area contributed by atoms with Crippen LogP contribution in [0.2, 0.25) is 0 Å². The third kappa shape index (κ3) is 4.99. The SMILES string of the molecule is Cc1ccc(S(=O)(=O)OCC[C@H]2OC(C)(C)O[C@@H]2CCO)cc1. The molecule has 1 aliphatic heterocycles. The highest BCUT2D eigenvalue weighted by Crippen LogP contribution is 2.31. The number of aryl methyl sites for hydroxylation is 1. The molecule has 1 aromatic carbocycles. The van der Waals surface area contributed by atoms with Gasteiger partial charge in [0.05, 0.1) is 23.7 Å². The Labute approximate surface area is 137 Å². The Morgan fingerprint density at radius 1 is 1.13 bits per heavy atom. The molecule has 1 heterocycles. The van der Waals surface area contributed by atoms with Crippen molar-refractivity contribution in [3.8, 4) is 0 Å². The largest absolute Gasteiger partial charge is 0.396 e. The van der Waals surface area contributed by atoms with Gasteiger partial charge in [-0.1, -0.05) is 17.7 Å². The van der Waals surface area contributed by atoms with Crippen LogP contribution in [0.1, 0.15) is 32.3 Å². The van der Waals surface area contributed by atoms with Crippen molar-refractivity contribution in [2.24, 2.45) is 0 Å². The summed E-state index contributed by atoms with van der Waals surface area (Å²) in [7, 11) is -3.77. The van der Waals surface area contributed by atoms with E-state index in [1.807, 2.05) is 6.92 Å². The van der Waals surface area contributed by atoms with Crippen LogP contribution in [0.4, 0.5) is 0 Å². The molecule has 2 atom stereocenters. The molecule has 0 amide bonds. The van der Waals surface area contributed by atoms with Gasteiger partial charge in [-0.2, -0.15) is 8.42 Å². The van der Waals surface area contributed by atoms with E-state index in [-0.39, 0.29) is 30.3 Å². The Balaban J connectivity index is 1.92. The summed E-state index contributed by atoms with van der Waals surface area (Å²) in [4.78, 5) is 0.138. The molecule has 0 bridgehead atoms. The van der Waals surface area contributed by atoms with E-state index in [2.05, 4.69) is 0 Å². The normalized spacial score (nSPS) is 24.0. The van der Waals surface area contributed by atoms with Gasteiger partial charge in [0.15, 0.2) is 5.79 Å².